The molecule has 1 atom stereocenters. The number of nitrogens with zero attached hydrogens (tertiary/aromatic N) is 5. The van der Waals surface area contributed by atoms with Gasteiger partial charge in [0.05, 0.1) is 27.4 Å². The van der Waals surface area contributed by atoms with Crippen LogP contribution >= 0.6 is 11.6 Å². The fourth-order valence-electron chi connectivity index (χ4n) is 4.77. The Labute approximate surface area is 229 Å². The number of fused-ring (bicyclic) bond motifs is 2. The highest BCUT2D eigenvalue weighted by Crippen LogP contribution is 2.32. The molecule has 0 aliphatic carbocycles. The van der Waals surface area contributed by atoms with E-state index >= 15 is 0 Å². The molecule has 6 aromatic rings. The monoisotopic (exact) mass is 538 g/mol. The SMILES string of the molecule is Nc1cc(Cl)c2ccc(-c3ccnn3C3CCCCO3)cc2n1.Nc1ccc2ccc(-c3ccn[nH]3)cc2n1. The molecule has 1 saturated heterocycles. The van der Waals surface area contributed by atoms with E-state index in [-0.39, 0.29) is 6.23 Å². The van der Waals surface area contributed by atoms with E-state index in [9.17, 15) is 0 Å². The fraction of sp³-hybridized carbons (Fsp3) is 0.172. The molecule has 9 nitrogen and oxygen atoms in total. The number of halogens is 1. The maximum Gasteiger partial charge on any atom is 0.150 e. The molecule has 0 spiro atoms. The van der Waals surface area contributed by atoms with Gasteiger partial charge in [0.25, 0.3) is 0 Å². The Bertz CT molecular complexity index is 1740. The van der Waals surface area contributed by atoms with E-state index in [1.165, 1.54) is 0 Å². The molecule has 2 aromatic carbocycles. The highest BCUT2D eigenvalue weighted by atomic mass is 35.5. The van der Waals surface area contributed by atoms with Gasteiger partial charge in [0, 0.05) is 40.9 Å². The van der Waals surface area contributed by atoms with Crippen molar-refractivity contribution in [2.45, 2.75) is 25.5 Å². The number of rotatable bonds is 3. The quantitative estimate of drug-likeness (QED) is 0.243. The lowest BCUT2D eigenvalue weighted by atomic mass is 10.1. The van der Waals surface area contributed by atoms with Crippen molar-refractivity contribution in [2.75, 3.05) is 18.1 Å². The number of anilines is 2. The second-order valence-electron chi connectivity index (χ2n) is 9.36. The number of aromatic nitrogens is 6. The standard InChI is InChI=1S/C17H17ClN4O.C12H10N4/c18-13-10-16(19)21-14-9-11(4-5-12(13)14)15-6-7-20-22(15)17-3-1-2-8-23-17;13-12-4-3-8-1-2-9(7-11(8)15-12)10-5-6-14-16-10/h4-7,9-10,17H,1-3,8H2,(H2,19,21);1-7H,(H2,13,15)(H,14,16). The molecule has 7 rings (SSSR count). The van der Waals surface area contributed by atoms with Gasteiger partial charge in [-0.2, -0.15) is 10.2 Å². The molecule has 5 heterocycles. The van der Waals surface area contributed by atoms with E-state index < -0.39 is 0 Å². The van der Waals surface area contributed by atoms with Gasteiger partial charge in [-0.15, -0.1) is 0 Å². The molecule has 39 heavy (non-hydrogen) atoms. The number of ether oxygens (including phenoxy) is 1. The van der Waals surface area contributed by atoms with Crippen molar-refractivity contribution in [3.05, 3.63) is 84.1 Å². The molecule has 1 aliphatic rings. The minimum atomic E-state index is 0.00170. The Balaban J connectivity index is 0.000000151. The zero-order valence-electron chi connectivity index (χ0n) is 21.1. The van der Waals surface area contributed by atoms with Crippen LogP contribution in [-0.2, 0) is 4.74 Å². The molecule has 0 radical (unpaired) electrons. The van der Waals surface area contributed by atoms with Crippen LogP contribution in [0.15, 0.2) is 79.1 Å². The first-order valence-corrected chi connectivity index (χ1v) is 13.1. The number of aromatic amines is 1. The lowest BCUT2D eigenvalue weighted by Crippen LogP contribution is -2.19. The van der Waals surface area contributed by atoms with E-state index in [1.54, 1.807) is 24.5 Å². The van der Waals surface area contributed by atoms with Gasteiger partial charge >= 0.3 is 0 Å². The molecule has 5 N–H and O–H groups in total. The van der Waals surface area contributed by atoms with E-state index in [0.717, 1.165) is 70.2 Å². The Morgan fingerprint density at radius 1 is 0.846 bits per heavy atom. The zero-order chi connectivity index (χ0) is 26.8. The van der Waals surface area contributed by atoms with E-state index in [1.807, 2.05) is 59.3 Å². The van der Waals surface area contributed by atoms with Crippen LogP contribution in [0.4, 0.5) is 11.6 Å². The van der Waals surface area contributed by atoms with Crippen LogP contribution in [0.2, 0.25) is 5.02 Å². The van der Waals surface area contributed by atoms with Crippen LogP contribution in [0, 0.1) is 0 Å². The normalized spacial score (nSPS) is 15.3. The van der Waals surface area contributed by atoms with Gasteiger partial charge in [-0.3, -0.25) is 5.10 Å². The molecule has 1 aliphatic heterocycles. The summed E-state index contributed by atoms with van der Waals surface area (Å²) < 4.78 is 7.81. The van der Waals surface area contributed by atoms with Gasteiger partial charge < -0.3 is 16.2 Å². The van der Waals surface area contributed by atoms with Crippen molar-refractivity contribution in [3.63, 3.8) is 0 Å². The predicted octanol–water partition coefficient (Wildman–Crippen LogP) is 6.24. The number of nitrogens with two attached hydrogens (primary N) is 2. The number of nitrogen functional groups attached to an aromatic ring is 2. The van der Waals surface area contributed by atoms with Crippen molar-refractivity contribution in [3.8, 4) is 22.5 Å². The summed E-state index contributed by atoms with van der Waals surface area (Å²) in [6, 6.07) is 21.4. The second kappa shape index (κ2) is 10.7. The van der Waals surface area contributed by atoms with Crippen LogP contribution in [-0.4, -0.2) is 36.6 Å². The smallest absolute Gasteiger partial charge is 0.150 e. The Kier molecular flexibility index (Phi) is 6.83. The Morgan fingerprint density at radius 2 is 1.67 bits per heavy atom. The molecular weight excluding hydrogens is 512 g/mol. The van der Waals surface area contributed by atoms with Crippen molar-refractivity contribution in [1.82, 2.24) is 29.9 Å². The first kappa shape index (κ1) is 24.8. The van der Waals surface area contributed by atoms with Crippen molar-refractivity contribution in [1.29, 1.82) is 0 Å². The molecule has 1 unspecified atom stereocenters. The minimum Gasteiger partial charge on any atom is -0.384 e. The van der Waals surface area contributed by atoms with Crippen LogP contribution in [0.5, 0.6) is 0 Å². The fourth-order valence-corrected chi connectivity index (χ4v) is 5.04. The lowest BCUT2D eigenvalue weighted by molar-refractivity contribution is -0.0383. The molecule has 0 saturated carbocycles. The molecule has 0 amide bonds. The first-order valence-electron chi connectivity index (χ1n) is 12.7. The summed E-state index contributed by atoms with van der Waals surface area (Å²) in [5.74, 6) is 0.957. The highest BCUT2D eigenvalue weighted by Gasteiger charge is 2.19. The average molecular weight is 539 g/mol. The summed E-state index contributed by atoms with van der Waals surface area (Å²) >= 11 is 6.24. The third-order valence-electron chi connectivity index (χ3n) is 6.70. The summed E-state index contributed by atoms with van der Waals surface area (Å²) in [7, 11) is 0. The van der Waals surface area contributed by atoms with Crippen LogP contribution in [0.1, 0.15) is 25.5 Å². The summed E-state index contributed by atoms with van der Waals surface area (Å²) in [6.45, 7) is 0.787. The van der Waals surface area contributed by atoms with Crippen molar-refractivity contribution >= 4 is 45.0 Å². The van der Waals surface area contributed by atoms with Crippen molar-refractivity contribution < 1.29 is 4.74 Å². The summed E-state index contributed by atoms with van der Waals surface area (Å²) in [4.78, 5) is 8.67. The van der Waals surface area contributed by atoms with Gasteiger partial charge in [0.15, 0.2) is 6.23 Å². The van der Waals surface area contributed by atoms with Crippen LogP contribution in [0.3, 0.4) is 0 Å². The number of nitrogens with one attached hydrogen (secondary N) is 1. The third-order valence-corrected chi connectivity index (χ3v) is 7.01. The summed E-state index contributed by atoms with van der Waals surface area (Å²) in [6.07, 6.45) is 6.80. The second-order valence-corrected chi connectivity index (χ2v) is 9.76. The average Bonchev–Trinajstić information content (AvgIpc) is 3.66. The Morgan fingerprint density at radius 3 is 2.49 bits per heavy atom. The van der Waals surface area contributed by atoms with Gasteiger partial charge in [0.2, 0.25) is 0 Å². The zero-order valence-corrected chi connectivity index (χ0v) is 21.8. The van der Waals surface area contributed by atoms with Gasteiger partial charge in [-0.05, 0) is 61.7 Å². The molecule has 196 valence electrons. The largest absolute Gasteiger partial charge is 0.384 e. The van der Waals surface area contributed by atoms with E-state index in [4.69, 9.17) is 27.8 Å². The first-order chi connectivity index (χ1) is 19.0. The summed E-state index contributed by atoms with van der Waals surface area (Å²) in [5.41, 5.74) is 17.2. The number of hydrogen-bond acceptors (Lipinski definition) is 7. The Hall–Kier alpha value is -4.47. The molecular formula is C29H27ClN8O. The van der Waals surface area contributed by atoms with Crippen LogP contribution in [0.25, 0.3) is 44.3 Å². The van der Waals surface area contributed by atoms with Gasteiger partial charge in [0.1, 0.15) is 11.6 Å². The van der Waals surface area contributed by atoms with Crippen molar-refractivity contribution in [2.24, 2.45) is 0 Å². The highest BCUT2D eigenvalue weighted by molar-refractivity contribution is 6.35. The molecule has 10 heteroatoms. The maximum atomic E-state index is 6.24. The molecule has 0 bridgehead atoms. The van der Waals surface area contributed by atoms with E-state index in [2.05, 4.69) is 25.3 Å². The number of benzene rings is 2. The molecule has 1 fully saturated rings. The number of H-pyrrole nitrogens is 1. The number of hydrogen-bond donors (Lipinski definition) is 3. The van der Waals surface area contributed by atoms with Gasteiger partial charge in [-0.1, -0.05) is 35.9 Å². The predicted molar refractivity (Wildman–Crippen MR) is 155 cm³/mol. The minimum absolute atomic E-state index is 0.00170. The number of pyridine rings is 2. The maximum absolute atomic E-state index is 6.24. The van der Waals surface area contributed by atoms with Gasteiger partial charge in [-0.25, -0.2) is 14.6 Å². The van der Waals surface area contributed by atoms with Crippen LogP contribution < -0.4 is 11.5 Å². The molecule has 4 aromatic heterocycles. The topological polar surface area (TPSA) is 134 Å². The summed E-state index contributed by atoms with van der Waals surface area (Å²) in [5, 5.41) is 13.9. The van der Waals surface area contributed by atoms with E-state index in [0.29, 0.717) is 16.7 Å². The lowest BCUT2D eigenvalue weighted by Gasteiger charge is -2.24. The third kappa shape index (κ3) is 5.27.